The van der Waals surface area contributed by atoms with E-state index >= 15 is 0 Å². The topological polar surface area (TPSA) is 83.1 Å². The first kappa shape index (κ1) is 22.5. The highest BCUT2D eigenvalue weighted by molar-refractivity contribution is 5.77. The standard InChI is InChI=1S/C22H25F4N5O/c23-21(24)4-1-14(2-5-21)7-17-13-31-19(29-17)9-16(12-28-31)18(3-6-27)30-20(32)8-15-10-22(25,26)11-15/h9,12-15,18H,1-5,7-8,10-11H2,(H,30,32). The Kier molecular flexibility index (Phi) is 6.10. The number of hydrogen-bond acceptors (Lipinski definition) is 4. The third-order valence-electron chi connectivity index (χ3n) is 6.41. The number of alkyl halides is 4. The number of nitriles is 1. The Hall–Kier alpha value is -2.70. The molecule has 0 spiro atoms. The van der Waals surface area contributed by atoms with Crippen molar-refractivity contribution in [1.29, 1.82) is 5.26 Å². The number of carbonyl (C=O) groups is 1. The fourth-order valence-electron chi connectivity index (χ4n) is 4.62. The van der Waals surface area contributed by atoms with Crippen LogP contribution in [0.25, 0.3) is 5.65 Å². The van der Waals surface area contributed by atoms with Crippen molar-refractivity contribution in [3.63, 3.8) is 0 Å². The van der Waals surface area contributed by atoms with E-state index in [1.54, 1.807) is 23.0 Å². The van der Waals surface area contributed by atoms with Crippen LogP contribution in [0, 0.1) is 23.2 Å². The highest BCUT2D eigenvalue weighted by atomic mass is 19.3. The van der Waals surface area contributed by atoms with Crippen molar-refractivity contribution in [2.24, 2.45) is 11.8 Å². The van der Waals surface area contributed by atoms with Gasteiger partial charge in [-0.1, -0.05) is 0 Å². The average molecular weight is 451 g/mol. The highest BCUT2D eigenvalue weighted by Gasteiger charge is 2.45. The first-order valence-corrected chi connectivity index (χ1v) is 10.9. The predicted octanol–water partition coefficient (Wildman–Crippen LogP) is 4.60. The zero-order valence-electron chi connectivity index (χ0n) is 17.5. The van der Waals surface area contributed by atoms with Crippen LogP contribution in [0.15, 0.2) is 18.5 Å². The van der Waals surface area contributed by atoms with Crippen molar-refractivity contribution < 1.29 is 22.4 Å². The molecule has 0 radical (unpaired) electrons. The number of imidazole rings is 1. The second-order valence-electron chi connectivity index (χ2n) is 9.14. The first-order chi connectivity index (χ1) is 15.1. The average Bonchev–Trinajstić information content (AvgIpc) is 3.09. The largest absolute Gasteiger partial charge is 0.348 e. The zero-order chi connectivity index (χ0) is 22.9. The monoisotopic (exact) mass is 451 g/mol. The van der Waals surface area contributed by atoms with Crippen LogP contribution in [-0.2, 0) is 11.2 Å². The summed E-state index contributed by atoms with van der Waals surface area (Å²) in [5, 5.41) is 16.2. The Morgan fingerprint density at radius 1 is 1.22 bits per heavy atom. The number of hydrogen-bond donors (Lipinski definition) is 1. The van der Waals surface area contributed by atoms with Gasteiger partial charge in [0.05, 0.1) is 36.6 Å². The molecule has 1 unspecified atom stereocenters. The molecule has 0 saturated heterocycles. The molecule has 0 bridgehead atoms. The normalized spacial score (nSPS) is 21.6. The van der Waals surface area contributed by atoms with Crippen LogP contribution in [-0.4, -0.2) is 32.4 Å². The lowest BCUT2D eigenvalue weighted by Gasteiger charge is -2.34. The van der Waals surface area contributed by atoms with Gasteiger partial charge < -0.3 is 5.32 Å². The number of nitrogens with one attached hydrogen (secondary N) is 1. The van der Waals surface area contributed by atoms with E-state index in [2.05, 4.69) is 15.4 Å². The van der Waals surface area contributed by atoms with Crippen molar-refractivity contribution in [3.8, 4) is 6.07 Å². The number of carbonyl (C=O) groups excluding carboxylic acids is 1. The molecule has 10 heteroatoms. The highest BCUT2D eigenvalue weighted by Crippen LogP contribution is 2.44. The SMILES string of the molecule is N#CCC(NC(=O)CC1CC(F)(F)C1)c1cnn2cc(CC3CCC(F)(F)CC3)nc2c1. The van der Waals surface area contributed by atoms with Gasteiger partial charge >= 0.3 is 0 Å². The Labute approximate surface area is 183 Å². The van der Waals surface area contributed by atoms with E-state index in [1.807, 2.05) is 6.07 Å². The first-order valence-electron chi connectivity index (χ1n) is 10.9. The molecule has 2 aliphatic carbocycles. The summed E-state index contributed by atoms with van der Waals surface area (Å²) in [6.45, 7) is 0. The van der Waals surface area contributed by atoms with Gasteiger partial charge in [0.15, 0.2) is 5.65 Å². The minimum atomic E-state index is -2.68. The van der Waals surface area contributed by atoms with Crippen LogP contribution in [0.5, 0.6) is 0 Å². The van der Waals surface area contributed by atoms with E-state index < -0.39 is 17.9 Å². The smallest absolute Gasteiger partial charge is 0.248 e. The van der Waals surface area contributed by atoms with Crippen molar-refractivity contribution in [3.05, 3.63) is 29.7 Å². The van der Waals surface area contributed by atoms with E-state index in [4.69, 9.17) is 5.26 Å². The Morgan fingerprint density at radius 2 is 1.94 bits per heavy atom. The second-order valence-corrected chi connectivity index (χ2v) is 9.14. The van der Waals surface area contributed by atoms with Gasteiger partial charge in [-0.15, -0.1) is 0 Å². The van der Waals surface area contributed by atoms with Gasteiger partial charge in [-0.3, -0.25) is 4.79 Å². The fourth-order valence-corrected chi connectivity index (χ4v) is 4.62. The maximum absolute atomic E-state index is 13.4. The van der Waals surface area contributed by atoms with Gasteiger partial charge in [0.25, 0.3) is 0 Å². The summed E-state index contributed by atoms with van der Waals surface area (Å²) in [4.78, 5) is 16.8. The molecule has 32 heavy (non-hydrogen) atoms. The van der Waals surface area contributed by atoms with E-state index in [0.29, 0.717) is 30.5 Å². The third-order valence-corrected chi connectivity index (χ3v) is 6.41. The molecule has 2 aromatic rings. The summed E-state index contributed by atoms with van der Waals surface area (Å²) >= 11 is 0. The van der Waals surface area contributed by atoms with Gasteiger partial charge in [0, 0.05) is 32.1 Å². The molecule has 2 aromatic heterocycles. The predicted molar refractivity (Wildman–Crippen MR) is 107 cm³/mol. The van der Waals surface area contributed by atoms with Gasteiger partial charge in [0.2, 0.25) is 17.8 Å². The maximum atomic E-state index is 13.4. The minimum absolute atomic E-state index is 0.00114. The summed E-state index contributed by atoms with van der Waals surface area (Å²) < 4.78 is 54.3. The number of nitrogens with zero attached hydrogens (tertiary/aromatic N) is 4. The lowest BCUT2D eigenvalue weighted by atomic mass is 9.79. The van der Waals surface area contributed by atoms with Crippen LogP contribution in [0.3, 0.4) is 0 Å². The molecule has 2 saturated carbocycles. The van der Waals surface area contributed by atoms with Crippen molar-refractivity contribution in [2.75, 3.05) is 0 Å². The van der Waals surface area contributed by atoms with Crippen LogP contribution in [0.2, 0.25) is 0 Å². The maximum Gasteiger partial charge on any atom is 0.248 e. The number of rotatable bonds is 7. The summed E-state index contributed by atoms with van der Waals surface area (Å²) in [7, 11) is 0. The van der Waals surface area contributed by atoms with E-state index in [-0.39, 0.29) is 56.3 Å². The molecular weight excluding hydrogens is 426 g/mol. The molecule has 6 nitrogen and oxygen atoms in total. The van der Waals surface area contributed by atoms with Gasteiger partial charge in [-0.2, -0.15) is 10.4 Å². The number of amides is 1. The summed E-state index contributed by atoms with van der Waals surface area (Å²) in [5.74, 6) is -5.80. The number of halogens is 4. The van der Waals surface area contributed by atoms with E-state index in [9.17, 15) is 22.4 Å². The van der Waals surface area contributed by atoms with Crippen LogP contribution < -0.4 is 5.32 Å². The molecule has 0 aromatic carbocycles. The Morgan fingerprint density at radius 3 is 2.59 bits per heavy atom. The third kappa shape index (κ3) is 5.37. The molecule has 1 atom stereocenters. The number of fused-ring (bicyclic) bond motifs is 1. The van der Waals surface area contributed by atoms with Crippen molar-refractivity contribution in [1.82, 2.24) is 19.9 Å². The van der Waals surface area contributed by atoms with E-state index in [1.165, 1.54) is 0 Å². The molecule has 1 amide bonds. The summed E-state index contributed by atoms with van der Waals surface area (Å²) in [5.41, 5.74) is 1.90. The molecule has 2 fully saturated rings. The molecule has 4 rings (SSSR count). The summed E-state index contributed by atoms with van der Waals surface area (Å²) in [6, 6.07) is 3.14. The second kappa shape index (κ2) is 8.68. The molecule has 172 valence electrons. The van der Waals surface area contributed by atoms with Crippen LogP contribution in [0.4, 0.5) is 17.6 Å². The molecule has 2 aliphatic rings. The zero-order valence-corrected chi connectivity index (χ0v) is 17.5. The van der Waals surface area contributed by atoms with E-state index in [0.717, 1.165) is 5.69 Å². The minimum Gasteiger partial charge on any atom is -0.348 e. The van der Waals surface area contributed by atoms with Crippen molar-refractivity contribution in [2.45, 2.75) is 75.7 Å². The van der Waals surface area contributed by atoms with Gasteiger partial charge in [-0.25, -0.2) is 27.1 Å². The van der Waals surface area contributed by atoms with Crippen molar-refractivity contribution >= 4 is 11.6 Å². The number of aromatic nitrogens is 3. The fraction of sp³-hybridized carbons (Fsp3) is 0.636. The Balaban J connectivity index is 1.40. The lowest BCUT2D eigenvalue weighted by molar-refractivity contribution is -0.134. The van der Waals surface area contributed by atoms with Gasteiger partial charge in [-0.05, 0) is 42.7 Å². The molecular formula is C22H25F4N5O. The molecule has 0 aliphatic heterocycles. The molecule has 2 heterocycles. The van der Waals surface area contributed by atoms with Gasteiger partial charge in [0.1, 0.15) is 0 Å². The quantitative estimate of drug-likeness (QED) is 0.624. The van der Waals surface area contributed by atoms with Crippen LogP contribution in [0.1, 0.15) is 68.7 Å². The molecule has 1 N–H and O–H groups in total. The summed E-state index contributed by atoms with van der Waals surface area (Å²) in [6.07, 6.45) is 4.07. The van der Waals surface area contributed by atoms with Crippen LogP contribution >= 0.6 is 0 Å². The lowest BCUT2D eigenvalue weighted by Crippen LogP contribution is -2.39. The Bertz CT molecular complexity index is 1010.